The Bertz CT molecular complexity index is 765. The molecular formula is C16H17F2N3O3S. The molecule has 0 radical (unpaired) electrons. The number of ether oxygens (including phenoxy) is 1. The fourth-order valence-electron chi connectivity index (χ4n) is 1.75. The zero-order valence-corrected chi connectivity index (χ0v) is 14.5. The van der Waals surface area contributed by atoms with E-state index in [9.17, 15) is 18.4 Å². The Labute approximate surface area is 147 Å². The van der Waals surface area contributed by atoms with Crippen LogP contribution in [-0.2, 0) is 16.0 Å². The average molecular weight is 369 g/mol. The molecule has 0 aliphatic carbocycles. The van der Waals surface area contributed by atoms with E-state index >= 15 is 0 Å². The highest BCUT2D eigenvalue weighted by molar-refractivity contribution is 7.13. The smallest absolute Gasteiger partial charge is 0.413 e. The summed E-state index contributed by atoms with van der Waals surface area (Å²) in [5.41, 5.74) is 0.582. The van der Waals surface area contributed by atoms with Crippen molar-refractivity contribution in [1.29, 1.82) is 0 Å². The van der Waals surface area contributed by atoms with E-state index in [1.165, 1.54) is 6.07 Å². The minimum Gasteiger partial charge on any atom is -0.449 e. The van der Waals surface area contributed by atoms with Crippen molar-refractivity contribution < 1.29 is 23.1 Å². The minimum atomic E-state index is -1.04. The van der Waals surface area contributed by atoms with Crippen LogP contribution < -0.4 is 10.6 Å². The zero-order chi connectivity index (χ0) is 18.4. The first-order valence-electron chi connectivity index (χ1n) is 7.46. The molecular weight excluding hydrogens is 352 g/mol. The summed E-state index contributed by atoms with van der Waals surface area (Å²) in [7, 11) is 0. The molecule has 0 bridgehead atoms. The van der Waals surface area contributed by atoms with Crippen molar-refractivity contribution in [1.82, 2.24) is 4.98 Å². The van der Waals surface area contributed by atoms with Gasteiger partial charge in [-0.2, -0.15) is 0 Å². The molecule has 2 N–H and O–H groups in total. The van der Waals surface area contributed by atoms with Gasteiger partial charge in [0.25, 0.3) is 0 Å². The van der Waals surface area contributed by atoms with Crippen molar-refractivity contribution in [3.05, 3.63) is 40.9 Å². The van der Waals surface area contributed by atoms with Crippen molar-refractivity contribution in [2.75, 3.05) is 17.2 Å². The van der Waals surface area contributed by atoms with Gasteiger partial charge in [0.1, 0.15) is 0 Å². The molecule has 25 heavy (non-hydrogen) atoms. The van der Waals surface area contributed by atoms with Crippen LogP contribution in [0.3, 0.4) is 0 Å². The summed E-state index contributed by atoms with van der Waals surface area (Å²) in [4.78, 5) is 27.6. The van der Waals surface area contributed by atoms with Gasteiger partial charge < -0.3 is 10.1 Å². The Morgan fingerprint density at radius 3 is 2.68 bits per heavy atom. The molecule has 2 rings (SSSR count). The number of thiazole rings is 1. The highest BCUT2D eigenvalue weighted by atomic mass is 32.1. The molecule has 0 fully saturated rings. The third-order valence-electron chi connectivity index (χ3n) is 2.85. The van der Waals surface area contributed by atoms with Gasteiger partial charge in [0, 0.05) is 17.1 Å². The lowest BCUT2D eigenvalue weighted by Crippen LogP contribution is -2.17. The molecule has 9 heteroatoms. The van der Waals surface area contributed by atoms with E-state index in [1.54, 1.807) is 5.38 Å². The molecule has 1 aromatic heterocycles. The van der Waals surface area contributed by atoms with Crippen molar-refractivity contribution in [2.45, 2.75) is 20.3 Å². The van der Waals surface area contributed by atoms with Crippen LogP contribution >= 0.6 is 11.3 Å². The van der Waals surface area contributed by atoms with Crippen molar-refractivity contribution in [2.24, 2.45) is 5.92 Å². The summed E-state index contributed by atoms with van der Waals surface area (Å²) in [6.45, 7) is 4.13. The Hall–Kier alpha value is -2.55. The topological polar surface area (TPSA) is 80.3 Å². The number of nitrogens with one attached hydrogen (secondary N) is 2. The van der Waals surface area contributed by atoms with E-state index in [-0.39, 0.29) is 18.0 Å². The number of benzene rings is 1. The van der Waals surface area contributed by atoms with Gasteiger partial charge in [0.2, 0.25) is 5.91 Å². The number of hydrogen-bond acceptors (Lipinski definition) is 5. The van der Waals surface area contributed by atoms with Crippen LogP contribution in [0.2, 0.25) is 0 Å². The molecule has 0 aliphatic rings. The average Bonchev–Trinajstić information content (AvgIpc) is 2.95. The zero-order valence-electron chi connectivity index (χ0n) is 13.6. The summed E-state index contributed by atoms with van der Waals surface area (Å²) >= 11 is 1.15. The molecule has 0 aliphatic heterocycles. The second kappa shape index (κ2) is 8.52. The fourth-order valence-corrected chi connectivity index (χ4v) is 2.45. The Balaban J connectivity index is 1.86. The van der Waals surface area contributed by atoms with Crippen LogP contribution in [0.15, 0.2) is 23.6 Å². The maximum absolute atomic E-state index is 13.1. The number of aromatic nitrogens is 1. The van der Waals surface area contributed by atoms with Crippen LogP contribution in [0, 0.1) is 17.6 Å². The normalized spacial score (nSPS) is 10.6. The number of hydrogen-bond donors (Lipinski definition) is 2. The molecule has 0 unspecified atom stereocenters. The second-order valence-electron chi connectivity index (χ2n) is 5.62. The Morgan fingerprint density at radius 1 is 1.24 bits per heavy atom. The summed E-state index contributed by atoms with van der Waals surface area (Å²) in [5.74, 6) is -2.25. The molecule has 1 heterocycles. The van der Waals surface area contributed by atoms with Gasteiger partial charge in [-0.05, 0) is 18.1 Å². The van der Waals surface area contributed by atoms with Crippen LogP contribution in [0.4, 0.5) is 24.4 Å². The number of nitrogens with zero attached hydrogens (tertiary/aromatic N) is 1. The van der Waals surface area contributed by atoms with E-state index in [1.807, 2.05) is 13.8 Å². The molecule has 0 saturated carbocycles. The maximum atomic E-state index is 13.1. The third-order valence-corrected chi connectivity index (χ3v) is 3.66. The summed E-state index contributed by atoms with van der Waals surface area (Å²) in [6.07, 6.45) is -0.682. The third kappa shape index (κ3) is 6.11. The molecule has 0 saturated heterocycles. The number of rotatable bonds is 6. The van der Waals surface area contributed by atoms with Gasteiger partial charge in [0.15, 0.2) is 16.8 Å². The van der Waals surface area contributed by atoms with Gasteiger partial charge in [-0.1, -0.05) is 13.8 Å². The summed E-state index contributed by atoms with van der Waals surface area (Å²) in [5, 5.41) is 6.85. The fraction of sp³-hybridized carbons (Fsp3) is 0.312. The predicted octanol–water partition coefficient (Wildman–Crippen LogP) is 3.81. The quantitative estimate of drug-likeness (QED) is 0.811. The van der Waals surface area contributed by atoms with E-state index < -0.39 is 23.6 Å². The number of halogens is 2. The molecule has 134 valence electrons. The number of carbonyl (C=O) groups excluding carboxylic acids is 2. The van der Waals surface area contributed by atoms with Crippen LogP contribution in [0.5, 0.6) is 0 Å². The first-order chi connectivity index (χ1) is 11.8. The number of anilines is 2. The van der Waals surface area contributed by atoms with Crippen LogP contribution in [0.1, 0.15) is 19.5 Å². The SMILES string of the molecule is CC(C)COC(=O)Nc1nc(CC(=O)Nc2ccc(F)c(F)c2)cs1. The first-order valence-corrected chi connectivity index (χ1v) is 8.34. The van der Waals surface area contributed by atoms with Gasteiger partial charge in [0.05, 0.1) is 18.7 Å². The monoisotopic (exact) mass is 369 g/mol. The summed E-state index contributed by atoms with van der Waals surface area (Å²) in [6, 6.07) is 3.08. The van der Waals surface area contributed by atoms with Gasteiger partial charge in [-0.15, -0.1) is 11.3 Å². The maximum Gasteiger partial charge on any atom is 0.413 e. The molecule has 6 nitrogen and oxygen atoms in total. The van der Waals surface area contributed by atoms with E-state index in [0.717, 1.165) is 23.5 Å². The van der Waals surface area contributed by atoms with Gasteiger partial charge in [-0.3, -0.25) is 10.1 Å². The summed E-state index contributed by atoms with van der Waals surface area (Å²) < 4.78 is 30.9. The predicted molar refractivity (Wildman–Crippen MR) is 90.6 cm³/mol. The molecule has 0 spiro atoms. The first kappa shape index (κ1) is 18.8. The van der Waals surface area contributed by atoms with Crippen molar-refractivity contribution in [3.63, 3.8) is 0 Å². The largest absolute Gasteiger partial charge is 0.449 e. The van der Waals surface area contributed by atoms with Crippen molar-refractivity contribution in [3.8, 4) is 0 Å². The highest BCUT2D eigenvalue weighted by Gasteiger charge is 2.12. The molecule has 1 aromatic carbocycles. The van der Waals surface area contributed by atoms with Gasteiger partial charge in [-0.25, -0.2) is 18.6 Å². The Morgan fingerprint density at radius 2 is 2.00 bits per heavy atom. The van der Waals surface area contributed by atoms with Crippen LogP contribution in [0.25, 0.3) is 0 Å². The lowest BCUT2D eigenvalue weighted by atomic mass is 10.2. The van der Waals surface area contributed by atoms with Crippen molar-refractivity contribution >= 4 is 34.2 Å². The lowest BCUT2D eigenvalue weighted by Gasteiger charge is -2.06. The number of amides is 2. The van der Waals surface area contributed by atoms with Crippen LogP contribution in [-0.4, -0.2) is 23.6 Å². The van der Waals surface area contributed by atoms with E-state index in [0.29, 0.717) is 17.4 Å². The highest BCUT2D eigenvalue weighted by Crippen LogP contribution is 2.17. The van der Waals surface area contributed by atoms with Gasteiger partial charge >= 0.3 is 6.09 Å². The molecule has 0 atom stereocenters. The molecule has 2 amide bonds. The number of carbonyl (C=O) groups is 2. The lowest BCUT2D eigenvalue weighted by molar-refractivity contribution is -0.115. The standard InChI is InChI=1S/C16H17F2N3O3S/c1-9(2)7-24-16(23)21-15-20-11(8-25-15)6-14(22)19-10-3-4-12(17)13(18)5-10/h3-5,8-9H,6-7H2,1-2H3,(H,19,22)(H,20,21,23). The van der Waals surface area contributed by atoms with E-state index in [2.05, 4.69) is 15.6 Å². The Kier molecular flexibility index (Phi) is 6.40. The molecule has 2 aromatic rings. The second-order valence-corrected chi connectivity index (χ2v) is 6.47. The minimum absolute atomic E-state index is 0.0712. The van der Waals surface area contributed by atoms with E-state index in [4.69, 9.17) is 4.74 Å².